The van der Waals surface area contributed by atoms with Crippen LogP contribution in [0.1, 0.15) is 16.8 Å². The first-order valence-corrected chi connectivity index (χ1v) is 7.21. The van der Waals surface area contributed by atoms with E-state index in [1.54, 1.807) is 26.0 Å². The maximum absolute atomic E-state index is 12.5. The number of methoxy groups -OCH3 is 1. The molecule has 5 nitrogen and oxygen atoms in total. The first kappa shape index (κ1) is 13.6. The normalized spacial score (nSPS) is 11.6. The topological polar surface area (TPSA) is 61.2 Å². The van der Waals surface area contributed by atoms with E-state index in [4.69, 9.17) is 4.74 Å². The summed E-state index contributed by atoms with van der Waals surface area (Å²) < 4.78 is 31.3. The smallest absolute Gasteiger partial charge is 0.269 e. The number of benzene rings is 1. The van der Waals surface area contributed by atoms with Gasteiger partial charge in [-0.25, -0.2) is 17.4 Å². The average Bonchev–Trinajstić information content (AvgIpc) is 2.76. The van der Waals surface area contributed by atoms with E-state index in [2.05, 4.69) is 4.98 Å². The highest BCUT2D eigenvalue weighted by Crippen LogP contribution is 2.27. The lowest BCUT2D eigenvalue weighted by Gasteiger charge is -2.12. The largest absolute Gasteiger partial charge is 0.496 e. The summed E-state index contributed by atoms with van der Waals surface area (Å²) in [6.07, 6.45) is 2.79. The number of imidazole rings is 1. The molecule has 0 atom stereocenters. The second kappa shape index (κ2) is 4.70. The van der Waals surface area contributed by atoms with Crippen molar-refractivity contribution in [1.29, 1.82) is 0 Å². The zero-order valence-electron chi connectivity index (χ0n) is 11.3. The second-order valence-electron chi connectivity index (χ2n) is 4.44. The molecule has 19 heavy (non-hydrogen) atoms. The van der Waals surface area contributed by atoms with Gasteiger partial charge in [-0.1, -0.05) is 6.07 Å². The molecule has 1 aromatic carbocycles. The van der Waals surface area contributed by atoms with Gasteiger partial charge in [-0.2, -0.15) is 0 Å². The van der Waals surface area contributed by atoms with Gasteiger partial charge in [-0.3, -0.25) is 0 Å². The molecule has 0 aliphatic carbocycles. The van der Waals surface area contributed by atoms with Crippen LogP contribution in [0.4, 0.5) is 0 Å². The molecule has 0 aliphatic rings. The predicted molar refractivity (Wildman–Crippen MR) is 72.0 cm³/mol. The average molecular weight is 280 g/mol. The maximum atomic E-state index is 12.5. The van der Waals surface area contributed by atoms with Crippen LogP contribution < -0.4 is 4.74 Å². The van der Waals surface area contributed by atoms with Gasteiger partial charge in [0.15, 0.2) is 0 Å². The molecule has 0 spiro atoms. The molecule has 0 saturated carbocycles. The fourth-order valence-electron chi connectivity index (χ4n) is 1.96. The van der Waals surface area contributed by atoms with Crippen molar-refractivity contribution in [3.8, 4) is 5.75 Å². The van der Waals surface area contributed by atoms with Crippen LogP contribution in [0.3, 0.4) is 0 Å². The summed E-state index contributed by atoms with van der Waals surface area (Å²) in [7, 11) is -2.10. The fraction of sp³-hybridized carbons (Fsp3) is 0.308. The van der Waals surface area contributed by atoms with E-state index in [0.29, 0.717) is 17.0 Å². The SMILES string of the molecule is COc1cc(S(=O)(=O)n2cnc(C)c2)c(C)cc1C. The molecule has 1 aromatic heterocycles. The van der Waals surface area contributed by atoms with Crippen LogP contribution in [0.2, 0.25) is 0 Å². The third kappa shape index (κ3) is 2.35. The van der Waals surface area contributed by atoms with Gasteiger partial charge in [0.2, 0.25) is 0 Å². The zero-order valence-corrected chi connectivity index (χ0v) is 12.2. The Kier molecular flexibility index (Phi) is 3.36. The van der Waals surface area contributed by atoms with E-state index >= 15 is 0 Å². The molecule has 0 N–H and O–H groups in total. The van der Waals surface area contributed by atoms with Crippen LogP contribution in [0.5, 0.6) is 5.75 Å². The van der Waals surface area contributed by atoms with E-state index < -0.39 is 10.0 Å². The third-order valence-electron chi connectivity index (χ3n) is 2.94. The lowest BCUT2D eigenvalue weighted by molar-refractivity contribution is 0.410. The van der Waals surface area contributed by atoms with E-state index in [-0.39, 0.29) is 4.90 Å². The summed E-state index contributed by atoms with van der Waals surface area (Å²) in [4.78, 5) is 4.18. The maximum Gasteiger partial charge on any atom is 0.269 e. The number of hydrogen-bond acceptors (Lipinski definition) is 4. The van der Waals surface area contributed by atoms with Crippen molar-refractivity contribution in [1.82, 2.24) is 8.96 Å². The summed E-state index contributed by atoms with van der Waals surface area (Å²) in [5, 5.41) is 0. The standard InChI is InChI=1S/C13H16N2O3S/c1-9-5-10(2)13(6-12(9)18-4)19(16,17)15-7-11(3)14-8-15/h5-8H,1-4H3. The zero-order chi connectivity index (χ0) is 14.2. The van der Waals surface area contributed by atoms with Crippen molar-refractivity contribution in [2.45, 2.75) is 25.7 Å². The molecule has 0 saturated heterocycles. The van der Waals surface area contributed by atoms with Crippen molar-refractivity contribution < 1.29 is 13.2 Å². The van der Waals surface area contributed by atoms with Crippen LogP contribution in [0, 0.1) is 20.8 Å². The lowest BCUT2D eigenvalue weighted by Crippen LogP contribution is -2.13. The fourth-order valence-corrected chi connectivity index (χ4v) is 3.37. The summed E-state index contributed by atoms with van der Waals surface area (Å²) in [5.41, 5.74) is 2.24. The molecule has 102 valence electrons. The lowest BCUT2D eigenvalue weighted by atomic mass is 10.1. The summed E-state index contributed by atoms with van der Waals surface area (Å²) in [5.74, 6) is 0.556. The minimum absolute atomic E-state index is 0.229. The highest BCUT2D eigenvalue weighted by molar-refractivity contribution is 7.90. The molecule has 1 heterocycles. The quantitative estimate of drug-likeness (QED) is 0.863. The Morgan fingerprint density at radius 3 is 2.37 bits per heavy atom. The molecule has 0 fully saturated rings. The Hall–Kier alpha value is -1.82. The minimum Gasteiger partial charge on any atom is -0.496 e. The second-order valence-corrected chi connectivity index (χ2v) is 6.25. The van der Waals surface area contributed by atoms with Crippen LogP contribution in [0.25, 0.3) is 0 Å². The van der Waals surface area contributed by atoms with E-state index in [1.807, 2.05) is 6.92 Å². The van der Waals surface area contributed by atoms with Gasteiger partial charge in [0.25, 0.3) is 10.0 Å². The molecule has 2 aromatic rings. The van der Waals surface area contributed by atoms with Gasteiger partial charge in [0.1, 0.15) is 12.1 Å². The number of ether oxygens (including phenoxy) is 1. The van der Waals surface area contributed by atoms with Crippen LogP contribution in [0.15, 0.2) is 29.6 Å². The van der Waals surface area contributed by atoms with Gasteiger partial charge in [-0.15, -0.1) is 0 Å². The Morgan fingerprint density at radius 1 is 1.16 bits per heavy atom. The Morgan fingerprint density at radius 2 is 1.84 bits per heavy atom. The molecular formula is C13H16N2O3S. The summed E-state index contributed by atoms with van der Waals surface area (Å²) in [6, 6.07) is 3.35. The van der Waals surface area contributed by atoms with Gasteiger partial charge in [0, 0.05) is 12.3 Å². The molecule has 0 radical (unpaired) electrons. The van der Waals surface area contributed by atoms with Crippen molar-refractivity contribution in [2.75, 3.05) is 7.11 Å². The molecule has 6 heteroatoms. The van der Waals surface area contributed by atoms with Crippen LogP contribution in [-0.2, 0) is 10.0 Å². The summed E-state index contributed by atoms with van der Waals surface area (Å²) >= 11 is 0. The van der Waals surface area contributed by atoms with E-state index in [0.717, 1.165) is 9.54 Å². The number of nitrogens with zero attached hydrogens (tertiary/aromatic N) is 2. The minimum atomic E-state index is -3.62. The Balaban J connectivity index is 2.64. The molecular weight excluding hydrogens is 264 g/mol. The number of hydrogen-bond donors (Lipinski definition) is 0. The van der Waals surface area contributed by atoms with Gasteiger partial charge in [-0.05, 0) is 31.9 Å². The first-order chi connectivity index (χ1) is 8.86. The van der Waals surface area contributed by atoms with Crippen LogP contribution in [-0.4, -0.2) is 24.5 Å². The first-order valence-electron chi connectivity index (χ1n) is 5.77. The van der Waals surface area contributed by atoms with Gasteiger partial charge >= 0.3 is 0 Å². The predicted octanol–water partition coefficient (Wildman–Crippen LogP) is 2.05. The van der Waals surface area contributed by atoms with Crippen LogP contribution >= 0.6 is 0 Å². The molecule has 0 aliphatic heterocycles. The van der Waals surface area contributed by atoms with Gasteiger partial charge in [0.05, 0.1) is 17.7 Å². The molecule has 0 bridgehead atoms. The van der Waals surface area contributed by atoms with Crippen molar-refractivity contribution in [2.24, 2.45) is 0 Å². The van der Waals surface area contributed by atoms with Crippen molar-refractivity contribution in [3.05, 3.63) is 41.5 Å². The third-order valence-corrected chi connectivity index (χ3v) is 4.69. The monoisotopic (exact) mass is 280 g/mol. The number of rotatable bonds is 3. The number of aryl methyl sites for hydroxylation is 3. The molecule has 0 amide bonds. The van der Waals surface area contributed by atoms with Gasteiger partial charge < -0.3 is 4.74 Å². The molecule has 0 unspecified atom stereocenters. The number of aromatic nitrogens is 2. The summed E-state index contributed by atoms with van der Waals surface area (Å²) in [6.45, 7) is 5.39. The van der Waals surface area contributed by atoms with E-state index in [1.165, 1.54) is 19.6 Å². The van der Waals surface area contributed by atoms with Crippen molar-refractivity contribution >= 4 is 10.0 Å². The van der Waals surface area contributed by atoms with E-state index in [9.17, 15) is 8.42 Å². The highest BCUT2D eigenvalue weighted by atomic mass is 32.2. The highest BCUT2D eigenvalue weighted by Gasteiger charge is 2.21. The molecule has 2 rings (SSSR count). The Bertz CT molecular complexity index is 717. The Labute approximate surface area is 112 Å². The van der Waals surface area contributed by atoms with Crippen molar-refractivity contribution in [3.63, 3.8) is 0 Å².